The fourth-order valence-electron chi connectivity index (χ4n) is 2.35. The van der Waals surface area contributed by atoms with Crippen LogP contribution in [0.25, 0.3) is 10.2 Å². The van der Waals surface area contributed by atoms with Gasteiger partial charge in [0, 0.05) is 13.1 Å². The molecule has 6 heteroatoms. The van der Waals surface area contributed by atoms with E-state index in [1.807, 2.05) is 11.8 Å². The van der Waals surface area contributed by atoms with Gasteiger partial charge in [0.15, 0.2) is 0 Å². The van der Waals surface area contributed by atoms with Gasteiger partial charge in [-0.25, -0.2) is 4.98 Å². The van der Waals surface area contributed by atoms with Crippen molar-refractivity contribution in [2.45, 2.75) is 19.8 Å². The summed E-state index contributed by atoms with van der Waals surface area (Å²) in [4.78, 5) is 33.9. The number of aromatic nitrogens is 2. The van der Waals surface area contributed by atoms with Gasteiger partial charge in [-0.15, -0.1) is 11.3 Å². The lowest BCUT2D eigenvalue weighted by atomic mass is 10.2. The number of thiophene rings is 1. The summed E-state index contributed by atoms with van der Waals surface area (Å²) in [5.74, 6) is 0.0346. The molecule has 2 aromatic heterocycles. The second kappa shape index (κ2) is 4.20. The number of nitrogens with zero attached hydrogens (tertiary/aromatic N) is 2. The molecule has 94 valence electrons. The van der Waals surface area contributed by atoms with Crippen LogP contribution in [-0.2, 0) is 0 Å². The minimum Gasteiger partial charge on any atom is -0.338 e. The molecule has 3 heterocycles. The van der Waals surface area contributed by atoms with Crippen molar-refractivity contribution in [1.82, 2.24) is 14.9 Å². The normalized spacial score (nSPS) is 15.5. The molecule has 1 N–H and O–H groups in total. The van der Waals surface area contributed by atoms with Crippen molar-refractivity contribution in [3.05, 3.63) is 27.1 Å². The van der Waals surface area contributed by atoms with Crippen LogP contribution in [0.5, 0.6) is 0 Å². The van der Waals surface area contributed by atoms with Gasteiger partial charge in [0.25, 0.3) is 11.5 Å². The Kier molecular flexibility index (Phi) is 2.66. The summed E-state index contributed by atoms with van der Waals surface area (Å²) < 4.78 is 0. The number of hydrogen-bond acceptors (Lipinski definition) is 4. The molecular weight excluding hydrogens is 250 g/mol. The fourth-order valence-corrected chi connectivity index (χ4v) is 3.46. The Morgan fingerprint density at radius 3 is 2.83 bits per heavy atom. The van der Waals surface area contributed by atoms with Crippen molar-refractivity contribution < 1.29 is 4.79 Å². The second-order valence-corrected chi connectivity index (χ2v) is 5.47. The average molecular weight is 263 g/mol. The Morgan fingerprint density at radius 1 is 1.44 bits per heavy atom. The highest BCUT2D eigenvalue weighted by Gasteiger charge is 2.24. The molecule has 0 bridgehead atoms. The molecule has 1 aliphatic heterocycles. The summed E-state index contributed by atoms with van der Waals surface area (Å²) in [6, 6.07) is 0. The van der Waals surface area contributed by atoms with E-state index in [0.717, 1.165) is 31.5 Å². The fraction of sp³-hybridized carbons (Fsp3) is 0.417. The third-order valence-corrected chi connectivity index (χ3v) is 4.51. The molecule has 1 saturated heterocycles. The van der Waals surface area contributed by atoms with Crippen LogP contribution in [0.4, 0.5) is 0 Å². The Bertz CT molecular complexity index is 668. The number of nitrogens with one attached hydrogen (secondary N) is 1. The molecule has 0 spiro atoms. The summed E-state index contributed by atoms with van der Waals surface area (Å²) in [6.45, 7) is 3.45. The van der Waals surface area contributed by atoms with E-state index in [1.165, 1.54) is 17.7 Å². The zero-order chi connectivity index (χ0) is 12.7. The number of carbonyl (C=O) groups excluding carboxylic acids is 1. The number of aromatic amines is 1. The van der Waals surface area contributed by atoms with Gasteiger partial charge < -0.3 is 9.88 Å². The molecule has 0 saturated carbocycles. The highest BCUT2D eigenvalue weighted by molar-refractivity contribution is 7.20. The maximum absolute atomic E-state index is 12.3. The van der Waals surface area contributed by atoms with Crippen LogP contribution >= 0.6 is 11.3 Å². The molecule has 1 aliphatic rings. The first-order valence-corrected chi connectivity index (χ1v) is 6.76. The van der Waals surface area contributed by atoms with Crippen molar-refractivity contribution in [2.75, 3.05) is 13.1 Å². The van der Waals surface area contributed by atoms with Crippen molar-refractivity contribution in [3.63, 3.8) is 0 Å². The Hall–Kier alpha value is -1.69. The molecule has 0 radical (unpaired) electrons. The zero-order valence-corrected chi connectivity index (χ0v) is 10.8. The van der Waals surface area contributed by atoms with Gasteiger partial charge in [-0.3, -0.25) is 9.59 Å². The predicted molar refractivity (Wildman–Crippen MR) is 70.1 cm³/mol. The summed E-state index contributed by atoms with van der Waals surface area (Å²) in [5.41, 5.74) is 0.579. The maximum atomic E-state index is 12.3. The number of H-pyrrole nitrogens is 1. The third kappa shape index (κ3) is 1.64. The van der Waals surface area contributed by atoms with Crippen molar-refractivity contribution in [2.24, 2.45) is 0 Å². The quantitative estimate of drug-likeness (QED) is 0.848. The first-order valence-electron chi connectivity index (χ1n) is 5.94. The Morgan fingerprint density at radius 2 is 2.17 bits per heavy atom. The first kappa shape index (κ1) is 11.4. The molecule has 1 amide bonds. The number of fused-ring (bicyclic) bond motifs is 1. The SMILES string of the molecule is Cc1c(C(=O)N2CCCC2)sc2nc[nH]c(=O)c12. The third-order valence-electron chi connectivity index (χ3n) is 3.32. The van der Waals surface area contributed by atoms with Crippen molar-refractivity contribution in [1.29, 1.82) is 0 Å². The molecule has 5 nitrogen and oxygen atoms in total. The van der Waals surface area contributed by atoms with Crippen LogP contribution in [-0.4, -0.2) is 33.9 Å². The smallest absolute Gasteiger partial charge is 0.264 e. The van der Waals surface area contributed by atoms with E-state index < -0.39 is 0 Å². The molecule has 2 aromatic rings. The zero-order valence-electron chi connectivity index (χ0n) is 10.0. The van der Waals surface area contributed by atoms with Gasteiger partial charge in [-0.2, -0.15) is 0 Å². The number of aryl methyl sites for hydroxylation is 1. The summed E-state index contributed by atoms with van der Waals surface area (Å²) in [5, 5.41) is 0.546. The van der Waals surface area contributed by atoms with E-state index in [9.17, 15) is 9.59 Å². The molecule has 18 heavy (non-hydrogen) atoms. The lowest BCUT2D eigenvalue weighted by Crippen LogP contribution is -2.27. The highest BCUT2D eigenvalue weighted by Crippen LogP contribution is 2.28. The molecule has 0 atom stereocenters. The van der Waals surface area contributed by atoms with Crippen LogP contribution in [0.1, 0.15) is 28.1 Å². The van der Waals surface area contributed by atoms with E-state index in [4.69, 9.17) is 0 Å². The van der Waals surface area contributed by atoms with Crippen LogP contribution in [0.3, 0.4) is 0 Å². The monoisotopic (exact) mass is 263 g/mol. The number of rotatable bonds is 1. The van der Waals surface area contributed by atoms with E-state index in [2.05, 4.69) is 9.97 Å². The second-order valence-electron chi connectivity index (χ2n) is 4.47. The van der Waals surface area contributed by atoms with Gasteiger partial charge in [0.1, 0.15) is 4.83 Å². The summed E-state index contributed by atoms with van der Waals surface area (Å²) in [6.07, 6.45) is 3.51. The molecule has 0 unspecified atom stereocenters. The number of hydrogen-bond donors (Lipinski definition) is 1. The first-order chi connectivity index (χ1) is 8.68. The molecule has 1 fully saturated rings. The molecule has 0 aromatic carbocycles. The largest absolute Gasteiger partial charge is 0.338 e. The minimum absolute atomic E-state index is 0.0346. The van der Waals surface area contributed by atoms with E-state index >= 15 is 0 Å². The van der Waals surface area contributed by atoms with Gasteiger partial charge in [0.05, 0.1) is 16.6 Å². The summed E-state index contributed by atoms with van der Waals surface area (Å²) >= 11 is 1.31. The maximum Gasteiger partial charge on any atom is 0.264 e. The molecule has 3 rings (SSSR count). The van der Waals surface area contributed by atoms with E-state index in [-0.39, 0.29) is 11.5 Å². The van der Waals surface area contributed by atoms with E-state index in [1.54, 1.807) is 0 Å². The van der Waals surface area contributed by atoms with Crippen LogP contribution in [0, 0.1) is 6.92 Å². The van der Waals surface area contributed by atoms with Gasteiger partial charge in [-0.1, -0.05) is 0 Å². The molecular formula is C12H13N3O2S. The van der Waals surface area contributed by atoms with Crippen LogP contribution in [0.15, 0.2) is 11.1 Å². The van der Waals surface area contributed by atoms with Gasteiger partial charge >= 0.3 is 0 Å². The standard InChI is InChI=1S/C12H13N3O2S/c1-7-8-10(16)13-6-14-11(8)18-9(7)12(17)15-4-2-3-5-15/h6H,2-5H2,1H3,(H,13,14,16). The number of carbonyl (C=O) groups is 1. The minimum atomic E-state index is -0.172. The Balaban J connectivity index is 2.12. The number of amides is 1. The Labute approximate surface area is 107 Å². The predicted octanol–water partition coefficient (Wildman–Crippen LogP) is 1.53. The van der Waals surface area contributed by atoms with Crippen molar-refractivity contribution in [3.8, 4) is 0 Å². The highest BCUT2D eigenvalue weighted by atomic mass is 32.1. The summed E-state index contributed by atoms with van der Waals surface area (Å²) in [7, 11) is 0. The average Bonchev–Trinajstić information content (AvgIpc) is 2.97. The number of likely N-dealkylation sites (tertiary alicyclic amines) is 1. The van der Waals surface area contributed by atoms with Crippen LogP contribution < -0.4 is 5.56 Å². The van der Waals surface area contributed by atoms with Crippen molar-refractivity contribution >= 4 is 27.5 Å². The topological polar surface area (TPSA) is 66.1 Å². The van der Waals surface area contributed by atoms with Gasteiger partial charge in [0.2, 0.25) is 0 Å². The van der Waals surface area contributed by atoms with Crippen LogP contribution in [0.2, 0.25) is 0 Å². The lowest BCUT2D eigenvalue weighted by molar-refractivity contribution is 0.0797. The van der Waals surface area contributed by atoms with Gasteiger partial charge in [-0.05, 0) is 25.3 Å². The molecule has 0 aliphatic carbocycles. The lowest BCUT2D eigenvalue weighted by Gasteiger charge is -2.14. The van der Waals surface area contributed by atoms with E-state index in [0.29, 0.717) is 15.1 Å².